The molecule has 2 fully saturated rings. The van der Waals surface area contributed by atoms with Crippen molar-refractivity contribution in [2.45, 2.75) is 23.8 Å². The van der Waals surface area contributed by atoms with E-state index in [9.17, 15) is 4.21 Å². The molecule has 1 aliphatic heterocycles. The first-order valence-electron chi connectivity index (χ1n) is 6.71. The average Bonchev–Trinajstić information content (AvgIpc) is 3.00. The summed E-state index contributed by atoms with van der Waals surface area (Å²) in [6.07, 6.45) is 2.33. The van der Waals surface area contributed by atoms with E-state index in [2.05, 4.69) is 15.9 Å². The highest BCUT2D eigenvalue weighted by Gasteiger charge is 2.42. The van der Waals surface area contributed by atoms with Crippen LogP contribution >= 0.6 is 15.9 Å². The molecule has 1 aromatic rings. The van der Waals surface area contributed by atoms with E-state index < -0.39 is 9.73 Å². The molecule has 1 saturated heterocycles. The summed E-state index contributed by atoms with van der Waals surface area (Å²) in [6.45, 7) is 0.764. The number of ether oxygens (including phenoxy) is 2. The Kier molecular flexibility index (Phi) is 3.81. The number of hydrogen-bond acceptors (Lipinski definition) is 4. The molecule has 4 nitrogen and oxygen atoms in total. The second-order valence-electron chi connectivity index (χ2n) is 5.58. The fraction of sp³-hybridized carbons (Fsp3) is 0.571. The lowest BCUT2D eigenvalue weighted by molar-refractivity contribution is 0.0575. The van der Waals surface area contributed by atoms with Gasteiger partial charge >= 0.3 is 0 Å². The van der Waals surface area contributed by atoms with Crippen LogP contribution in [0.3, 0.4) is 0 Å². The van der Waals surface area contributed by atoms with Crippen LogP contribution in [0.15, 0.2) is 27.6 Å². The Morgan fingerprint density at radius 1 is 1.50 bits per heavy atom. The van der Waals surface area contributed by atoms with E-state index in [1.165, 1.54) is 0 Å². The summed E-state index contributed by atoms with van der Waals surface area (Å²) in [7, 11) is -1.29. The SMILES string of the molecule is COc1ccc(Br)cc1S(=N)(=O)C[C@@H]1C[C@@H]2C[C@H]1CO2. The Hall–Kier alpha value is -0.590. The molecule has 6 heteroatoms. The van der Waals surface area contributed by atoms with Gasteiger partial charge in [-0.2, -0.15) is 0 Å². The van der Waals surface area contributed by atoms with Gasteiger partial charge in [0.15, 0.2) is 0 Å². The lowest BCUT2D eigenvalue weighted by Crippen LogP contribution is -2.25. The molecule has 1 heterocycles. The lowest BCUT2D eigenvalue weighted by Gasteiger charge is -2.23. The molecule has 2 aliphatic rings. The van der Waals surface area contributed by atoms with Crippen LogP contribution in [-0.2, 0) is 14.5 Å². The van der Waals surface area contributed by atoms with Gasteiger partial charge in [0.05, 0.1) is 34.4 Å². The maximum Gasteiger partial charge on any atom is 0.135 e. The Bertz CT molecular complexity index is 617. The minimum Gasteiger partial charge on any atom is -0.495 e. The van der Waals surface area contributed by atoms with Gasteiger partial charge < -0.3 is 9.47 Å². The third-order valence-corrected chi connectivity index (χ3v) is 6.69. The summed E-state index contributed by atoms with van der Waals surface area (Å²) < 4.78 is 32.9. The van der Waals surface area contributed by atoms with Crippen LogP contribution < -0.4 is 4.74 Å². The second-order valence-corrected chi connectivity index (χ2v) is 8.62. The Morgan fingerprint density at radius 3 is 2.90 bits per heavy atom. The molecule has 1 unspecified atom stereocenters. The number of benzene rings is 1. The quantitative estimate of drug-likeness (QED) is 0.896. The van der Waals surface area contributed by atoms with Gasteiger partial charge in [0.2, 0.25) is 0 Å². The topological polar surface area (TPSA) is 59.4 Å². The van der Waals surface area contributed by atoms with Gasteiger partial charge in [-0.1, -0.05) is 15.9 Å². The Balaban J connectivity index is 1.86. The van der Waals surface area contributed by atoms with Crippen LogP contribution in [0.4, 0.5) is 0 Å². The zero-order valence-electron chi connectivity index (χ0n) is 11.3. The second kappa shape index (κ2) is 5.31. The summed E-state index contributed by atoms with van der Waals surface area (Å²) in [5.41, 5.74) is 0. The minimum atomic E-state index is -2.84. The minimum absolute atomic E-state index is 0.324. The third-order valence-electron chi connectivity index (χ3n) is 4.27. The molecular formula is C14H18BrNO3S. The molecule has 1 aliphatic carbocycles. The molecule has 110 valence electrons. The monoisotopic (exact) mass is 359 g/mol. The smallest absolute Gasteiger partial charge is 0.135 e. The molecule has 0 amide bonds. The number of rotatable bonds is 4. The van der Waals surface area contributed by atoms with Crippen LogP contribution in [0.5, 0.6) is 5.75 Å². The molecule has 0 aromatic heterocycles. The summed E-state index contributed by atoms with van der Waals surface area (Å²) in [4.78, 5) is 0.498. The van der Waals surface area contributed by atoms with E-state index in [1.54, 1.807) is 19.2 Å². The van der Waals surface area contributed by atoms with Crippen LogP contribution in [0, 0.1) is 16.6 Å². The number of hydrogen-bond donors (Lipinski definition) is 1. The molecule has 0 spiro atoms. The molecule has 3 rings (SSSR count). The lowest BCUT2D eigenvalue weighted by atomic mass is 9.99. The first kappa shape index (κ1) is 14.4. The normalized spacial score (nSPS) is 31.2. The van der Waals surface area contributed by atoms with Crippen molar-refractivity contribution in [3.8, 4) is 5.75 Å². The van der Waals surface area contributed by atoms with Crippen molar-refractivity contribution in [2.24, 2.45) is 11.8 Å². The van der Waals surface area contributed by atoms with Crippen molar-refractivity contribution >= 4 is 25.7 Å². The molecule has 1 N–H and O–H groups in total. The van der Waals surface area contributed by atoms with E-state index in [4.69, 9.17) is 14.3 Å². The maximum absolute atomic E-state index is 12.9. The van der Waals surface area contributed by atoms with Crippen molar-refractivity contribution in [3.05, 3.63) is 22.7 Å². The number of methoxy groups -OCH3 is 1. The summed E-state index contributed by atoms with van der Waals surface area (Å²) in [6, 6.07) is 5.35. The van der Waals surface area contributed by atoms with Gasteiger partial charge in [-0.25, -0.2) is 8.99 Å². The highest BCUT2D eigenvalue weighted by atomic mass is 79.9. The third kappa shape index (κ3) is 2.61. The zero-order chi connectivity index (χ0) is 14.3. The molecular weight excluding hydrogens is 342 g/mol. The van der Waals surface area contributed by atoms with E-state index >= 15 is 0 Å². The molecule has 1 saturated carbocycles. The molecule has 1 aromatic carbocycles. The van der Waals surface area contributed by atoms with Crippen LogP contribution in [0.25, 0.3) is 0 Å². The average molecular weight is 360 g/mol. The first-order valence-corrected chi connectivity index (χ1v) is 9.23. The van der Waals surface area contributed by atoms with E-state index in [0.717, 1.165) is 23.9 Å². The summed E-state index contributed by atoms with van der Waals surface area (Å²) in [5.74, 6) is 1.75. The zero-order valence-corrected chi connectivity index (χ0v) is 13.7. The molecule has 20 heavy (non-hydrogen) atoms. The highest BCUT2D eigenvalue weighted by molar-refractivity contribution is 9.10. The number of nitrogens with one attached hydrogen (secondary N) is 1. The van der Waals surface area contributed by atoms with Gasteiger partial charge in [-0.05, 0) is 42.9 Å². The van der Waals surface area contributed by atoms with Crippen molar-refractivity contribution in [1.29, 1.82) is 4.78 Å². The number of fused-ring (bicyclic) bond motifs is 2. The van der Waals surface area contributed by atoms with E-state index in [-0.39, 0.29) is 0 Å². The Morgan fingerprint density at radius 2 is 2.30 bits per heavy atom. The molecule has 0 radical (unpaired) electrons. The van der Waals surface area contributed by atoms with Crippen molar-refractivity contribution < 1.29 is 13.7 Å². The van der Waals surface area contributed by atoms with Crippen LogP contribution in [0.1, 0.15) is 12.8 Å². The standard InChI is InChI=1S/C14H18BrNO3S/c1-18-13-3-2-11(15)6-14(13)20(16,17)8-10-5-12-4-9(10)7-19-12/h2-3,6,9-10,12,16H,4-5,7-8H2,1H3/t9-,10-,12-,20?/m0/s1. The van der Waals surface area contributed by atoms with Gasteiger partial charge in [0.1, 0.15) is 5.75 Å². The predicted octanol–water partition coefficient (Wildman–Crippen LogP) is 3.29. The fourth-order valence-electron chi connectivity index (χ4n) is 3.26. The summed E-state index contributed by atoms with van der Waals surface area (Å²) >= 11 is 3.38. The predicted molar refractivity (Wildman–Crippen MR) is 80.6 cm³/mol. The van der Waals surface area contributed by atoms with E-state index in [1.807, 2.05) is 6.07 Å². The van der Waals surface area contributed by atoms with Gasteiger partial charge in [-0.15, -0.1) is 0 Å². The van der Waals surface area contributed by atoms with Crippen molar-refractivity contribution in [3.63, 3.8) is 0 Å². The first-order chi connectivity index (χ1) is 9.49. The number of halogens is 1. The van der Waals surface area contributed by atoms with Crippen molar-refractivity contribution in [2.75, 3.05) is 19.5 Å². The van der Waals surface area contributed by atoms with Crippen LogP contribution in [-0.4, -0.2) is 29.8 Å². The molecule has 4 atom stereocenters. The van der Waals surface area contributed by atoms with Gasteiger partial charge in [-0.3, -0.25) is 0 Å². The largest absolute Gasteiger partial charge is 0.495 e. The fourth-order valence-corrected chi connectivity index (χ4v) is 5.76. The maximum atomic E-state index is 12.9. The van der Waals surface area contributed by atoms with Crippen LogP contribution in [0.2, 0.25) is 0 Å². The van der Waals surface area contributed by atoms with E-state index in [0.29, 0.717) is 34.3 Å². The highest BCUT2D eigenvalue weighted by Crippen LogP contribution is 2.42. The molecule has 2 bridgehead atoms. The summed E-state index contributed by atoms with van der Waals surface area (Å²) in [5, 5.41) is 0. The van der Waals surface area contributed by atoms with Gasteiger partial charge in [0.25, 0.3) is 0 Å². The van der Waals surface area contributed by atoms with Crippen molar-refractivity contribution in [1.82, 2.24) is 0 Å². The van der Waals surface area contributed by atoms with Gasteiger partial charge in [0, 0.05) is 10.2 Å². The Labute approximate surface area is 128 Å².